The number of halogens is 1. The van der Waals surface area contributed by atoms with Crippen LogP contribution in [0.1, 0.15) is 5.56 Å². The SMILES string of the molecule is Nc1ccc(CN2C(=O)CSC2=O)c(Cl)c1. The van der Waals surface area contributed by atoms with E-state index >= 15 is 0 Å². The summed E-state index contributed by atoms with van der Waals surface area (Å²) in [5.74, 6) is 0.0358. The predicted molar refractivity (Wildman–Crippen MR) is 64.3 cm³/mol. The van der Waals surface area contributed by atoms with Crippen LogP contribution in [0, 0.1) is 0 Å². The van der Waals surface area contributed by atoms with Crippen molar-refractivity contribution in [3.8, 4) is 0 Å². The van der Waals surface area contributed by atoms with Gasteiger partial charge in [0.15, 0.2) is 0 Å². The van der Waals surface area contributed by atoms with Crippen molar-refractivity contribution in [3.63, 3.8) is 0 Å². The van der Waals surface area contributed by atoms with Crippen LogP contribution in [0.5, 0.6) is 0 Å². The summed E-state index contributed by atoms with van der Waals surface area (Å²) in [5, 5.41) is 0.246. The lowest BCUT2D eigenvalue weighted by molar-refractivity contribution is -0.125. The predicted octanol–water partition coefficient (Wildman–Crippen LogP) is 2.12. The van der Waals surface area contributed by atoms with Crippen LogP contribution in [-0.2, 0) is 11.3 Å². The number of anilines is 1. The highest BCUT2D eigenvalue weighted by molar-refractivity contribution is 8.14. The average molecular weight is 257 g/mol. The van der Waals surface area contributed by atoms with E-state index in [1.807, 2.05) is 0 Å². The molecule has 4 nitrogen and oxygen atoms in total. The topological polar surface area (TPSA) is 63.4 Å². The van der Waals surface area contributed by atoms with Crippen LogP contribution in [0.3, 0.4) is 0 Å². The lowest BCUT2D eigenvalue weighted by atomic mass is 10.2. The summed E-state index contributed by atoms with van der Waals surface area (Å²) in [4.78, 5) is 23.9. The van der Waals surface area contributed by atoms with Gasteiger partial charge in [0, 0.05) is 10.7 Å². The van der Waals surface area contributed by atoms with Crippen molar-refractivity contribution in [1.82, 2.24) is 4.90 Å². The highest BCUT2D eigenvalue weighted by atomic mass is 35.5. The molecule has 0 aromatic heterocycles. The van der Waals surface area contributed by atoms with Crippen LogP contribution < -0.4 is 5.73 Å². The van der Waals surface area contributed by atoms with Crippen LogP contribution in [0.4, 0.5) is 10.5 Å². The van der Waals surface area contributed by atoms with Crippen LogP contribution >= 0.6 is 23.4 Å². The van der Waals surface area contributed by atoms with Gasteiger partial charge in [0.2, 0.25) is 5.91 Å². The molecule has 1 aliphatic heterocycles. The number of nitrogens with two attached hydrogens (primary N) is 1. The van der Waals surface area contributed by atoms with E-state index in [0.29, 0.717) is 10.7 Å². The third-order valence-electron chi connectivity index (χ3n) is 2.25. The molecule has 16 heavy (non-hydrogen) atoms. The summed E-state index contributed by atoms with van der Waals surface area (Å²) in [5.41, 5.74) is 6.83. The zero-order valence-corrected chi connectivity index (χ0v) is 9.85. The molecule has 84 valence electrons. The van der Waals surface area contributed by atoms with Crippen molar-refractivity contribution in [1.29, 1.82) is 0 Å². The normalized spacial score (nSPS) is 15.9. The lowest BCUT2D eigenvalue weighted by Gasteiger charge is -2.13. The Morgan fingerprint density at radius 1 is 1.44 bits per heavy atom. The zero-order valence-electron chi connectivity index (χ0n) is 8.27. The first kappa shape index (κ1) is 11.3. The van der Waals surface area contributed by atoms with E-state index in [4.69, 9.17) is 17.3 Å². The lowest BCUT2D eigenvalue weighted by Crippen LogP contribution is -2.28. The summed E-state index contributed by atoms with van der Waals surface area (Å²) in [6.45, 7) is 0.212. The summed E-state index contributed by atoms with van der Waals surface area (Å²) in [7, 11) is 0. The van der Waals surface area contributed by atoms with Gasteiger partial charge in [0.05, 0.1) is 12.3 Å². The number of nitrogens with zero attached hydrogens (tertiary/aromatic N) is 1. The van der Waals surface area contributed by atoms with Gasteiger partial charge in [-0.25, -0.2) is 0 Å². The van der Waals surface area contributed by atoms with Crippen molar-refractivity contribution in [3.05, 3.63) is 28.8 Å². The molecule has 2 rings (SSSR count). The number of carbonyl (C=O) groups excluding carboxylic acids is 2. The fraction of sp³-hybridized carbons (Fsp3) is 0.200. The Morgan fingerprint density at radius 3 is 2.75 bits per heavy atom. The summed E-state index contributed by atoms with van der Waals surface area (Å²) in [6.07, 6.45) is 0. The molecular weight excluding hydrogens is 248 g/mol. The van der Waals surface area contributed by atoms with Gasteiger partial charge in [-0.15, -0.1) is 0 Å². The maximum atomic E-state index is 11.4. The van der Waals surface area contributed by atoms with E-state index in [2.05, 4.69) is 0 Å². The zero-order chi connectivity index (χ0) is 11.7. The molecule has 0 unspecified atom stereocenters. The Morgan fingerprint density at radius 2 is 2.19 bits per heavy atom. The molecule has 0 bridgehead atoms. The van der Waals surface area contributed by atoms with E-state index in [-0.39, 0.29) is 23.4 Å². The van der Waals surface area contributed by atoms with Gasteiger partial charge in [0.25, 0.3) is 5.24 Å². The van der Waals surface area contributed by atoms with Gasteiger partial charge < -0.3 is 5.73 Å². The maximum absolute atomic E-state index is 11.4. The largest absolute Gasteiger partial charge is 0.399 e. The van der Waals surface area contributed by atoms with E-state index in [1.54, 1.807) is 18.2 Å². The molecule has 0 atom stereocenters. The van der Waals surface area contributed by atoms with Gasteiger partial charge in [-0.3, -0.25) is 14.5 Å². The molecule has 1 aromatic rings. The molecule has 0 spiro atoms. The van der Waals surface area contributed by atoms with Crippen LogP contribution in [0.2, 0.25) is 5.02 Å². The second-order valence-electron chi connectivity index (χ2n) is 3.39. The molecule has 0 radical (unpaired) electrons. The number of amides is 2. The van der Waals surface area contributed by atoms with E-state index in [1.165, 1.54) is 4.90 Å². The highest BCUT2D eigenvalue weighted by Gasteiger charge is 2.30. The van der Waals surface area contributed by atoms with Crippen molar-refractivity contribution in [2.75, 3.05) is 11.5 Å². The first-order chi connectivity index (χ1) is 7.58. The minimum atomic E-state index is -0.224. The van der Waals surface area contributed by atoms with E-state index in [9.17, 15) is 9.59 Å². The quantitative estimate of drug-likeness (QED) is 0.824. The Bertz CT molecular complexity index is 448. The number of nitrogen functional groups attached to an aromatic ring is 1. The van der Waals surface area contributed by atoms with Crippen LogP contribution in [-0.4, -0.2) is 21.8 Å². The fourth-order valence-electron chi connectivity index (χ4n) is 1.40. The minimum Gasteiger partial charge on any atom is -0.399 e. The Kier molecular flexibility index (Phi) is 3.07. The maximum Gasteiger partial charge on any atom is 0.289 e. The number of hydrogen-bond acceptors (Lipinski definition) is 4. The first-order valence-corrected chi connectivity index (χ1v) is 5.95. The van der Waals surface area contributed by atoms with Crippen LogP contribution in [0.15, 0.2) is 18.2 Å². The number of hydrogen-bond donors (Lipinski definition) is 1. The van der Waals surface area contributed by atoms with E-state index < -0.39 is 0 Å². The molecule has 6 heteroatoms. The van der Waals surface area contributed by atoms with Gasteiger partial charge in [-0.05, 0) is 17.7 Å². The van der Waals surface area contributed by atoms with Gasteiger partial charge >= 0.3 is 0 Å². The molecule has 1 aromatic carbocycles. The van der Waals surface area contributed by atoms with Crippen molar-refractivity contribution in [2.24, 2.45) is 0 Å². The number of benzene rings is 1. The van der Waals surface area contributed by atoms with Crippen molar-refractivity contribution < 1.29 is 9.59 Å². The second-order valence-corrected chi connectivity index (χ2v) is 4.72. The Labute approximate surface area is 102 Å². The second kappa shape index (κ2) is 4.35. The molecule has 1 aliphatic rings. The highest BCUT2D eigenvalue weighted by Crippen LogP contribution is 2.25. The number of rotatable bonds is 2. The molecule has 1 saturated heterocycles. The molecule has 2 N–H and O–H groups in total. The molecule has 0 saturated carbocycles. The molecule has 0 aliphatic carbocycles. The monoisotopic (exact) mass is 256 g/mol. The number of imide groups is 1. The third kappa shape index (κ3) is 2.15. The summed E-state index contributed by atoms with van der Waals surface area (Å²) in [6, 6.07) is 5.02. The summed E-state index contributed by atoms with van der Waals surface area (Å²) >= 11 is 6.98. The van der Waals surface area contributed by atoms with E-state index in [0.717, 1.165) is 17.3 Å². The minimum absolute atomic E-state index is 0.178. The molecule has 1 heterocycles. The van der Waals surface area contributed by atoms with Crippen LogP contribution in [0.25, 0.3) is 0 Å². The molecule has 2 amide bonds. The smallest absolute Gasteiger partial charge is 0.289 e. The Hall–Kier alpha value is -1.20. The molecule has 1 fully saturated rings. The third-order valence-corrected chi connectivity index (χ3v) is 3.46. The van der Waals surface area contributed by atoms with Gasteiger partial charge in [-0.2, -0.15) is 0 Å². The van der Waals surface area contributed by atoms with Crippen molar-refractivity contribution >= 4 is 40.2 Å². The van der Waals surface area contributed by atoms with Gasteiger partial charge in [0.1, 0.15) is 0 Å². The van der Waals surface area contributed by atoms with Crippen molar-refractivity contribution in [2.45, 2.75) is 6.54 Å². The fourth-order valence-corrected chi connectivity index (χ4v) is 2.37. The number of carbonyl (C=O) groups is 2. The standard InChI is InChI=1S/C10H9ClN2O2S/c11-8-3-7(12)2-1-6(8)4-13-9(14)5-16-10(13)15/h1-3H,4-5,12H2. The Balaban J connectivity index is 2.20. The first-order valence-electron chi connectivity index (χ1n) is 4.59. The summed E-state index contributed by atoms with van der Waals surface area (Å²) < 4.78 is 0. The average Bonchev–Trinajstić information content (AvgIpc) is 2.53. The molecular formula is C10H9ClN2O2S. The number of thioether (sulfide) groups is 1. The van der Waals surface area contributed by atoms with Gasteiger partial charge in [-0.1, -0.05) is 29.4 Å².